The number of amides is 2. The number of azo groups is 1. The molecule has 5 aromatic rings. The maximum atomic E-state index is 12.5. The summed E-state index contributed by atoms with van der Waals surface area (Å²) in [4.78, 5) is 20.8. The van der Waals surface area contributed by atoms with Crippen molar-refractivity contribution in [3.63, 3.8) is 0 Å². The van der Waals surface area contributed by atoms with Crippen LogP contribution < -0.4 is 56.6 Å². The van der Waals surface area contributed by atoms with Crippen molar-refractivity contribution in [2.24, 2.45) is 16.0 Å². The summed E-state index contributed by atoms with van der Waals surface area (Å²) in [5.41, 5.74) is 4.41. The molecule has 0 saturated carbocycles. The smallest absolute Gasteiger partial charge is 0.351 e. The largest absolute Gasteiger partial charge is 1.00 e. The fraction of sp³-hybridized carbons (Fsp3) is 0.0690. The Kier molecular flexibility index (Phi) is 14.9. The van der Waals surface area contributed by atoms with Crippen LogP contribution in [0, 0.1) is 11.5 Å². The minimum Gasteiger partial charge on any atom is -0.351 e. The second kappa shape index (κ2) is 18.8. The molecule has 0 aliphatic rings. The summed E-state index contributed by atoms with van der Waals surface area (Å²) >= 11 is 0. The van der Waals surface area contributed by atoms with Crippen LogP contribution >= 0.6 is 0 Å². The van der Waals surface area contributed by atoms with Gasteiger partial charge in [-0.1, -0.05) is 0 Å². The molecule has 322 valence electrons. The maximum absolute atomic E-state index is 12.5. The standard InChI is InChI=1S/C29H25N11O16S5.Na/c30-14-32-27-36-28(33-16-1-4-18(5-2-16)57(42,43)8-7-56-61(53,54)55)38-29(37-27)34-17-3-6-21(22(11-17)35-26(31)41)39-40-23-13-20-15(10-25(23)60(50,51)52)9-19(58(44,45)46)12-24(20)59(47,48)49;/h1-6,9-13H,7-8H2,(H3,31,35,41)(H,44,45,46)(H,47,48,49)(H,50,51,52)(H,53,54,55)(H3,32,33,34,36,37,38);/q;+1. The number of rotatable bonds is 16. The molecule has 10 N–H and O–H groups in total. The Bertz CT molecular complexity index is 3240. The molecule has 5 rings (SSSR count). The number of carbonyl (C=O) groups excluding carboxylic acids is 1. The zero-order valence-corrected chi connectivity index (χ0v) is 36.8. The molecule has 0 aliphatic carbocycles. The summed E-state index contributed by atoms with van der Waals surface area (Å²) in [5, 5.41) is 25.8. The molecule has 33 heteroatoms. The van der Waals surface area contributed by atoms with Gasteiger partial charge >= 0.3 is 46.0 Å². The molecule has 0 aliphatic heterocycles. The van der Waals surface area contributed by atoms with Crippen molar-refractivity contribution in [2.45, 2.75) is 19.6 Å². The number of primary amides is 1. The predicted octanol–water partition coefficient (Wildman–Crippen LogP) is -0.352. The van der Waals surface area contributed by atoms with E-state index in [1.807, 2.05) is 0 Å². The molecular formula is C29H25N11NaO16S5+. The number of hydrogen-bond acceptors (Lipinski definition) is 21. The van der Waals surface area contributed by atoms with E-state index >= 15 is 0 Å². The molecule has 0 radical (unpaired) electrons. The first-order chi connectivity index (χ1) is 28.2. The normalized spacial score (nSPS) is 12.3. The number of carbonyl (C=O) groups is 1. The average Bonchev–Trinajstić information content (AvgIpc) is 3.12. The van der Waals surface area contributed by atoms with E-state index in [0.29, 0.717) is 18.2 Å². The van der Waals surface area contributed by atoms with Crippen LogP contribution in [0.25, 0.3) is 10.8 Å². The molecule has 0 atom stereocenters. The number of benzene rings is 4. The first kappa shape index (κ1) is 49.1. The number of urea groups is 1. The van der Waals surface area contributed by atoms with Crippen LogP contribution in [-0.2, 0) is 54.8 Å². The van der Waals surface area contributed by atoms with E-state index in [-0.39, 0.29) is 75.0 Å². The molecule has 1 heterocycles. The van der Waals surface area contributed by atoms with E-state index < -0.39 is 100 Å². The van der Waals surface area contributed by atoms with Gasteiger partial charge in [0.05, 0.1) is 27.8 Å². The van der Waals surface area contributed by atoms with E-state index in [9.17, 15) is 65.8 Å². The molecule has 2 amide bonds. The Labute approximate surface area is 372 Å². The molecule has 4 aromatic carbocycles. The van der Waals surface area contributed by atoms with Crippen LogP contribution in [0.4, 0.5) is 51.1 Å². The Morgan fingerprint density at radius 2 is 1.26 bits per heavy atom. The minimum absolute atomic E-state index is 0. The van der Waals surface area contributed by atoms with Gasteiger partial charge in [-0.15, -0.1) is 10.2 Å². The van der Waals surface area contributed by atoms with E-state index in [1.54, 1.807) is 6.19 Å². The number of nitrogens with two attached hydrogens (primary N) is 1. The van der Waals surface area contributed by atoms with Gasteiger partial charge in [0.1, 0.15) is 21.2 Å². The Hall–Kier alpha value is -5.54. The van der Waals surface area contributed by atoms with Crippen LogP contribution in [0.1, 0.15) is 0 Å². The van der Waals surface area contributed by atoms with Gasteiger partial charge in [-0.05, 0) is 72.1 Å². The van der Waals surface area contributed by atoms with E-state index in [1.165, 1.54) is 30.3 Å². The number of aromatic nitrogens is 3. The average molecular weight is 967 g/mol. The summed E-state index contributed by atoms with van der Waals surface area (Å²) in [6, 6.07) is 9.83. The van der Waals surface area contributed by atoms with Crippen LogP contribution in [0.5, 0.6) is 0 Å². The summed E-state index contributed by atoms with van der Waals surface area (Å²) < 4.78 is 161. The van der Waals surface area contributed by atoms with Crippen LogP contribution in [0.2, 0.25) is 0 Å². The molecule has 0 saturated heterocycles. The van der Waals surface area contributed by atoms with Gasteiger partial charge in [-0.3, -0.25) is 23.5 Å². The Morgan fingerprint density at radius 3 is 1.81 bits per heavy atom. The summed E-state index contributed by atoms with van der Waals surface area (Å²) in [5.74, 6) is -1.52. The summed E-state index contributed by atoms with van der Waals surface area (Å²) in [7, 11) is -24.5. The number of anilines is 6. The number of nitriles is 1. The number of nitrogens with one attached hydrogen (secondary N) is 4. The molecule has 1 aromatic heterocycles. The van der Waals surface area contributed by atoms with Gasteiger partial charge in [0.25, 0.3) is 30.4 Å². The topological polar surface area (TPSA) is 439 Å². The van der Waals surface area contributed by atoms with Crippen molar-refractivity contribution < 1.29 is 98.8 Å². The number of fused-ring (bicyclic) bond motifs is 1. The fourth-order valence-electron chi connectivity index (χ4n) is 4.97. The van der Waals surface area contributed by atoms with E-state index in [0.717, 1.165) is 18.2 Å². The first-order valence-corrected chi connectivity index (χ1v) is 23.1. The number of sulfone groups is 1. The quantitative estimate of drug-likeness (QED) is 0.0201. The van der Waals surface area contributed by atoms with Crippen molar-refractivity contribution in [1.29, 1.82) is 5.26 Å². The fourth-order valence-corrected chi connectivity index (χ4v) is 8.45. The van der Waals surface area contributed by atoms with Crippen molar-refractivity contribution in [2.75, 3.05) is 33.6 Å². The molecule has 0 unspecified atom stereocenters. The second-order valence-electron chi connectivity index (χ2n) is 11.7. The van der Waals surface area contributed by atoms with Gasteiger partial charge in [0, 0.05) is 16.8 Å². The van der Waals surface area contributed by atoms with Gasteiger partial charge in [-0.2, -0.15) is 53.9 Å². The predicted molar refractivity (Wildman–Crippen MR) is 209 cm³/mol. The third-order valence-electron chi connectivity index (χ3n) is 7.45. The SMILES string of the molecule is N#CNc1nc(Nc2ccc(S(=O)(=O)CCOS(=O)(=O)O)cc2)nc(Nc2ccc(N=Nc3cc4c(S(=O)(=O)O)cc(S(=O)(=O)O)cc4cc3S(=O)(=O)O)c(NC(N)=O)c2)n1.[Na+]. The van der Waals surface area contributed by atoms with Gasteiger partial charge in [0.15, 0.2) is 16.0 Å². The number of hydrogen-bond donors (Lipinski definition) is 9. The van der Waals surface area contributed by atoms with Gasteiger partial charge in [0.2, 0.25) is 17.8 Å². The van der Waals surface area contributed by atoms with Crippen LogP contribution in [0.15, 0.2) is 96.5 Å². The monoisotopic (exact) mass is 966 g/mol. The minimum atomic E-state index is -5.24. The van der Waals surface area contributed by atoms with Crippen molar-refractivity contribution in [3.8, 4) is 6.19 Å². The second-order valence-corrected chi connectivity index (χ2v) is 19.1. The molecule has 27 nitrogen and oxygen atoms in total. The van der Waals surface area contributed by atoms with Gasteiger partial charge in [-0.25, -0.2) is 17.4 Å². The summed E-state index contributed by atoms with van der Waals surface area (Å²) in [6.45, 7) is -0.846. The third-order valence-corrected chi connectivity index (χ3v) is 12.2. The van der Waals surface area contributed by atoms with Crippen LogP contribution in [-0.4, -0.2) is 93.6 Å². The van der Waals surface area contributed by atoms with Crippen molar-refractivity contribution in [3.05, 3.63) is 66.7 Å². The maximum Gasteiger partial charge on any atom is 1.00 e. The first-order valence-electron chi connectivity index (χ1n) is 15.8. The molecule has 0 bridgehead atoms. The van der Waals surface area contributed by atoms with Gasteiger partial charge < -0.3 is 21.7 Å². The van der Waals surface area contributed by atoms with Crippen molar-refractivity contribution in [1.82, 2.24) is 15.0 Å². The Morgan fingerprint density at radius 1 is 0.694 bits per heavy atom. The van der Waals surface area contributed by atoms with E-state index in [2.05, 4.69) is 50.6 Å². The molecule has 62 heavy (non-hydrogen) atoms. The Balaban J connectivity index is 0.00000845. The third kappa shape index (κ3) is 13.0. The van der Waals surface area contributed by atoms with E-state index in [4.69, 9.17) is 10.3 Å². The van der Waals surface area contributed by atoms with Crippen molar-refractivity contribution >= 4 is 114 Å². The zero-order chi connectivity index (χ0) is 45.1. The summed E-state index contributed by atoms with van der Waals surface area (Å²) in [6.07, 6.45) is 1.62. The zero-order valence-electron chi connectivity index (χ0n) is 30.8. The number of nitrogens with zero attached hydrogens (tertiary/aromatic N) is 6. The van der Waals surface area contributed by atoms with Crippen LogP contribution in [0.3, 0.4) is 0 Å². The molecule has 0 spiro atoms. The molecular weight excluding hydrogens is 942 g/mol. The molecule has 0 fully saturated rings.